The molecule has 2 N–H and O–H groups in total. The van der Waals surface area contributed by atoms with Crippen LogP contribution in [0.25, 0.3) is 22.3 Å². The molecule has 32 heavy (non-hydrogen) atoms. The fraction of sp³-hybridized carbons (Fsp3) is 0.200. The van der Waals surface area contributed by atoms with E-state index in [1.54, 1.807) is 7.11 Å². The molecule has 0 saturated heterocycles. The topological polar surface area (TPSA) is 81.3 Å². The molecule has 1 aliphatic heterocycles. The number of ether oxygens (including phenoxy) is 3. The average Bonchev–Trinajstić information content (AvgIpc) is 3.29. The van der Waals surface area contributed by atoms with Crippen LogP contribution in [0.2, 0.25) is 0 Å². The number of benzene rings is 2. The molecule has 3 heterocycles. The van der Waals surface area contributed by atoms with Crippen molar-refractivity contribution in [3.63, 3.8) is 0 Å². The summed E-state index contributed by atoms with van der Waals surface area (Å²) in [6.07, 6.45) is 6.76. The first-order valence-corrected chi connectivity index (χ1v) is 10.6. The minimum absolute atomic E-state index is 0.436. The molecule has 6 bridgehead atoms. The van der Waals surface area contributed by atoms with Crippen molar-refractivity contribution >= 4 is 22.7 Å². The fourth-order valence-electron chi connectivity index (χ4n) is 3.72. The van der Waals surface area contributed by atoms with Crippen LogP contribution >= 0.6 is 0 Å². The van der Waals surface area contributed by atoms with Gasteiger partial charge in [0.25, 0.3) is 0 Å². The van der Waals surface area contributed by atoms with Crippen LogP contribution in [0, 0.1) is 0 Å². The second-order valence-corrected chi connectivity index (χ2v) is 7.44. The van der Waals surface area contributed by atoms with Gasteiger partial charge in [0.15, 0.2) is 0 Å². The third kappa shape index (κ3) is 4.29. The number of rotatable bonds is 1. The van der Waals surface area contributed by atoms with E-state index in [9.17, 15) is 0 Å². The Morgan fingerprint density at radius 1 is 1.03 bits per heavy atom. The first kappa shape index (κ1) is 20.1. The maximum atomic E-state index is 5.95. The van der Waals surface area contributed by atoms with E-state index < -0.39 is 0 Å². The second-order valence-electron chi connectivity index (χ2n) is 7.44. The molecule has 5 rings (SSSR count). The van der Waals surface area contributed by atoms with Crippen LogP contribution in [0.4, 0.5) is 11.6 Å². The predicted octanol–water partition coefficient (Wildman–Crippen LogP) is 5.23. The van der Waals surface area contributed by atoms with Crippen molar-refractivity contribution in [2.45, 2.75) is 13.0 Å². The molecular formula is C25H24N4O3. The Morgan fingerprint density at radius 2 is 2.00 bits per heavy atom. The average molecular weight is 428 g/mol. The fourth-order valence-corrected chi connectivity index (χ4v) is 3.72. The molecule has 1 aliphatic rings. The Morgan fingerprint density at radius 3 is 2.94 bits per heavy atom. The summed E-state index contributed by atoms with van der Waals surface area (Å²) in [5.74, 6) is 2.09. The highest BCUT2D eigenvalue weighted by atomic mass is 16.5. The summed E-state index contributed by atoms with van der Waals surface area (Å²) in [6.45, 7) is 1.55. The monoisotopic (exact) mass is 428 g/mol. The summed E-state index contributed by atoms with van der Waals surface area (Å²) in [5, 5.41) is 4.28. The number of aromatic nitrogens is 3. The number of nitrogens with zero attached hydrogens (tertiary/aromatic N) is 2. The van der Waals surface area contributed by atoms with Crippen molar-refractivity contribution in [3.05, 3.63) is 72.4 Å². The van der Waals surface area contributed by atoms with Crippen molar-refractivity contribution < 1.29 is 14.2 Å². The molecule has 0 fully saturated rings. The quantitative estimate of drug-likeness (QED) is 0.404. The van der Waals surface area contributed by atoms with Crippen LogP contribution in [0.1, 0.15) is 12.0 Å². The summed E-state index contributed by atoms with van der Waals surface area (Å²) in [5.41, 5.74) is 4.37. The van der Waals surface area contributed by atoms with E-state index in [4.69, 9.17) is 19.2 Å². The Balaban J connectivity index is 1.59. The van der Waals surface area contributed by atoms with Crippen molar-refractivity contribution in [2.24, 2.45) is 0 Å². The van der Waals surface area contributed by atoms with Gasteiger partial charge in [-0.3, -0.25) is 0 Å². The van der Waals surface area contributed by atoms with Gasteiger partial charge in [-0.2, -0.15) is 4.98 Å². The van der Waals surface area contributed by atoms with E-state index in [1.165, 1.54) is 0 Å². The van der Waals surface area contributed by atoms with E-state index in [2.05, 4.69) is 21.4 Å². The van der Waals surface area contributed by atoms with E-state index >= 15 is 0 Å². The Kier molecular flexibility index (Phi) is 5.72. The molecule has 0 radical (unpaired) electrons. The summed E-state index contributed by atoms with van der Waals surface area (Å²) >= 11 is 0. The summed E-state index contributed by atoms with van der Waals surface area (Å²) in [7, 11) is 1.66. The number of fused-ring (bicyclic) bond motifs is 9. The highest BCUT2D eigenvalue weighted by Crippen LogP contribution is 2.31. The molecule has 162 valence electrons. The van der Waals surface area contributed by atoms with E-state index in [-0.39, 0.29) is 0 Å². The molecular weight excluding hydrogens is 404 g/mol. The van der Waals surface area contributed by atoms with Gasteiger partial charge in [-0.15, -0.1) is 0 Å². The maximum absolute atomic E-state index is 5.95. The molecule has 0 aliphatic carbocycles. The lowest BCUT2D eigenvalue weighted by atomic mass is 10.1. The highest BCUT2D eigenvalue weighted by Gasteiger charge is 2.13. The molecule has 0 spiro atoms. The Hall–Kier alpha value is -3.84. The first-order chi connectivity index (χ1) is 15.8. The lowest BCUT2D eigenvalue weighted by molar-refractivity contribution is 0.146. The predicted molar refractivity (Wildman–Crippen MR) is 125 cm³/mol. The van der Waals surface area contributed by atoms with Crippen molar-refractivity contribution in [3.8, 4) is 22.8 Å². The van der Waals surface area contributed by atoms with Gasteiger partial charge in [-0.25, -0.2) is 4.98 Å². The van der Waals surface area contributed by atoms with Gasteiger partial charge < -0.3 is 24.5 Å². The van der Waals surface area contributed by atoms with E-state index in [1.807, 2.05) is 60.8 Å². The standard InChI is InChI=1S/C25H24N4O3/c1-30-22-9-8-19-14-18(22)16-31-12-3-2-4-13-32-20-7-5-6-17(15-20)23-21-10-11-26-24(21)29-25(27-19)28-23/h2-3,5-11,14-15H,4,12-13,16H2,1H3,(H2,26,27,28,29)/b3-2+. The van der Waals surface area contributed by atoms with Gasteiger partial charge in [0, 0.05) is 28.4 Å². The van der Waals surface area contributed by atoms with Gasteiger partial charge >= 0.3 is 0 Å². The largest absolute Gasteiger partial charge is 0.496 e. The molecule has 0 saturated carbocycles. The van der Waals surface area contributed by atoms with Crippen molar-refractivity contribution in [1.29, 1.82) is 0 Å². The third-order valence-corrected chi connectivity index (χ3v) is 5.25. The second kappa shape index (κ2) is 9.11. The summed E-state index contributed by atoms with van der Waals surface area (Å²) in [4.78, 5) is 12.7. The number of hydrogen-bond donors (Lipinski definition) is 2. The minimum atomic E-state index is 0.436. The van der Waals surface area contributed by atoms with Crippen molar-refractivity contribution in [2.75, 3.05) is 25.6 Å². The lowest BCUT2D eigenvalue weighted by Crippen LogP contribution is -2.02. The van der Waals surface area contributed by atoms with Crippen molar-refractivity contribution in [1.82, 2.24) is 15.0 Å². The van der Waals surface area contributed by atoms with Gasteiger partial charge in [0.2, 0.25) is 5.95 Å². The molecule has 0 unspecified atom stereocenters. The van der Waals surface area contributed by atoms with Crippen LogP contribution in [-0.2, 0) is 11.3 Å². The number of anilines is 2. The zero-order valence-corrected chi connectivity index (χ0v) is 17.8. The Labute approximate surface area is 186 Å². The molecule has 0 amide bonds. The van der Waals surface area contributed by atoms with Crippen LogP contribution in [0.15, 0.2) is 66.9 Å². The normalized spacial score (nSPS) is 15.2. The summed E-state index contributed by atoms with van der Waals surface area (Å²) in [6, 6.07) is 15.8. The smallest absolute Gasteiger partial charge is 0.229 e. The zero-order valence-electron chi connectivity index (χ0n) is 17.8. The van der Waals surface area contributed by atoms with Gasteiger partial charge in [-0.1, -0.05) is 24.3 Å². The molecule has 4 aromatic rings. The number of hydrogen-bond acceptors (Lipinski definition) is 6. The zero-order chi connectivity index (χ0) is 21.8. The number of nitrogens with one attached hydrogen (secondary N) is 2. The highest BCUT2D eigenvalue weighted by molar-refractivity contribution is 5.92. The van der Waals surface area contributed by atoms with Crippen LogP contribution in [0.3, 0.4) is 0 Å². The lowest BCUT2D eigenvalue weighted by Gasteiger charge is -2.13. The van der Waals surface area contributed by atoms with E-state index in [0.717, 1.165) is 51.5 Å². The van der Waals surface area contributed by atoms with Gasteiger partial charge in [-0.05, 0) is 42.8 Å². The van der Waals surface area contributed by atoms with Crippen LogP contribution < -0.4 is 14.8 Å². The maximum Gasteiger partial charge on any atom is 0.229 e. The number of methoxy groups -OCH3 is 1. The third-order valence-electron chi connectivity index (χ3n) is 5.25. The van der Waals surface area contributed by atoms with Gasteiger partial charge in [0.1, 0.15) is 17.1 Å². The molecule has 2 aromatic heterocycles. The number of aromatic amines is 1. The van der Waals surface area contributed by atoms with Gasteiger partial charge in [0.05, 0.1) is 32.6 Å². The van der Waals surface area contributed by atoms with Crippen LogP contribution in [0.5, 0.6) is 11.5 Å². The SMILES string of the molecule is COc1ccc2cc1COC/C=C/CCOc1cccc(c1)-c1nc(nc3[nH]ccc13)N2. The first-order valence-electron chi connectivity index (χ1n) is 10.6. The van der Waals surface area contributed by atoms with E-state index in [0.29, 0.717) is 25.8 Å². The molecule has 7 nitrogen and oxygen atoms in total. The van der Waals surface area contributed by atoms with Crippen LogP contribution in [-0.4, -0.2) is 35.3 Å². The molecule has 2 aromatic carbocycles. The Bertz CT molecular complexity index is 1270. The summed E-state index contributed by atoms with van der Waals surface area (Å²) < 4.78 is 17.3. The molecule has 0 atom stereocenters. The molecule has 7 heteroatoms. The minimum Gasteiger partial charge on any atom is -0.496 e. The number of H-pyrrole nitrogens is 1.